The molecule has 0 aliphatic carbocycles. The Morgan fingerprint density at radius 2 is 1.86 bits per heavy atom. The summed E-state index contributed by atoms with van der Waals surface area (Å²) >= 11 is 5.90. The Morgan fingerprint density at radius 1 is 1.14 bits per heavy atom. The first-order valence-electron chi connectivity index (χ1n) is 7.28. The minimum atomic E-state index is 0.0941. The van der Waals surface area contributed by atoms with E-state index in [0.717, 1.165) is 37.7 Å². The van der Waals surface area contributed by atoms with Crippen LogP contribution in [0.4, 0.5) is 0 Å². The highest BCUT2D eigenvalue weighted by molar-refractivity contribution is 6.30. The van der Waals surface area contributed by atoms with Gasteiger partial charge < -0.3 is 4.90 Å². The second-order valence-corrected chi connectivity index (χ2v) is 5.81. The summed E-state index contributed by atoms with van der Waals surface area (Å²) in [5, 5.41) is 4.72. The predicted molar refractivity (Wildman–Crippen MR) is 83.3 cm³/mol. The highest BCUT2D eigenvalue weighted by Gasteiger charge is 2.21. The number of rotatable bonds is 4. The van der Waals surface area contributed by atoms with E-state index < -0.39 is 0 Å². The number of piperazine rings is 1. The van der Waals surface area contributed by atoms with Crippen molar-refractivity contribution in [2.24, 2.45) is 0 Å². The number of hydrogen-bond acceptors (Lipinski definition) is 4. The van der Waals surface area contributed by atoms with E-state index in [2.05, 4.69) is 15.0 Å². The molecule has 0 saturated carbocycles. The van der Waals surface area contributed by atoms with Crippen LogP contribution in [0.2, 0.25) is 5.02 Å². The highest BCUT2D eigenvalue weighted by atomic mass is 35.5. The Balaban J connectivity index is 1.47. The fourth-order valence-electron chi connectivity index (χ4n) is 2.56. The Morgan fingerprint density at radius 3 is 2.50 bits per heavy atom. The molecule has 1 aromatic heterocycles. The molecule has 0 unspecified atom stereocenters. The maximum Gasteiger partial charge on any atom is 0.244 e. The highest BCUT2D eigenvalue weighted by Crippen LogP contribution is 2.13. The van der Waals surface area contributed by atoms with Gasteiger partial charge in [-0.05, 0) is 17.7 Å². The molecule has 2 heterocycles. The van der Waals surface area contributed by atoms with E-state index in [-0.39, 0.29) is 12.5 Å². The maximum absolute atomic E-state index is 12.2. The van der Waals surface area contributed by atoms with E-state index in [1.165, 1.54) is 11.9 Å². The second kappa shape index (κ2) is 6.89. The van der Waals surface area contributed by atoms with Crippen LogP contribution < -0.4 is 0 Å². The number of aromatic nitrogens is 3. The number of amides is 1. The van der Waals surface area contributed by atoms with Gasteiger partial charge in [0.15, 0.2) is 0 Å². The lowest BCUT2D eigenvalue weighted by molar-refractivity contribution is -0.133. The second-order valence-electron chi connectivity index (χ2n) is 5.38. The minimum Gasteiger partial charge on any atom is -0.339 e. The van der Waals surface area contributed by atoms with Gasteiger partial charge >= 0.3 is 0 Å². The standard InChI is InChI=1S/C15H18ClN5O/c16-14-3-1-13(2-4-14)9-19-5-7-20(8-6-19)15(22)10-21-12-17-11-18-21/h1-4,11-12H,5-10H2. The van der Waals surface area contributed by atoms with Crippen molar-refractivity contribution in [3.63, 3.8) is 0 Å². The van der Waals surface area contributed by atoms with Crippen LogP contribution in [0.5, 0.6) is 0 Å². The average Bonchev–Trinajstić information content (AvgIpc) is 3.03. The van der Waals surface area contributed by atoms with Crippen molar-refractivity contribution >= 4 is 17.5 Å². The number of hydrogen-bond donors (Lipinski definition) is 0. The normalized spacial score (nSPS) is 16.0. The first kappa shape index (κ1) is 15.0. The van der Waals surface area contributed by atoms with Gasteiger partial charge in [-0.3, -0.25) is 9.69 Å². The Bertz CT molecular complexity index is 605. The third-order valence-electron chi connectivity index (χ3n) is 3.81. The van der Waals surface area contributed by atoms with E-state index in [0.29, 0.717) is 0 Å². The molecule has 0 bridgehead atoms. The summed E-state index contributed by atoms with van der Waals surface area (Å²) in [7, 11) is 0. The Kier molecular flexibility index (Phi) is 4.70. The largest absolute Gasteiger partial charge is 0.339 e. The molecule has 0 atom stereocenters. The number of carbonyl (C=O) groups excluding carboxylic acids is 1. The van der Waals surface area contributed by atoms with Gasteiger partial charge in [0, 0.05) is 37.7 Å². The van der Waals surface area contributed by atoms with Crippen molar-refractivity contribution in [3.05, 3.63) is 47.5 Å². The first-order valence-corrected chi connectivity index (χ1v) is 7.65. The summed E-state index contributed by atoms with van der Waals surface area (Å²) in [6.07, 6.45) is 3.01. The predicted octanol–water partition coefficient (Wildman–Crippen LogP) is 1.28. The van der Waals surface area contributed by atoms with Gasteiger partial charge in [-0.1, -0.05) is 23.7 Å². The lowest BCUT2D eigenvalue weighted by Crippen LogP contribution is -2.49. The summed E-state index contributed by atoms with van der Waals surface area (Å²) in [5.41, 5.74) is 1.24. The molecule has 1 fully saturated rings. The van der Waals surface area contributed by atoms with Crippen LogP contribution in [-0.4, -0.2) is 56.7 Å². The number of benzene rings is 1. The summed E-state index contributed by atoms with van der Waals surface area (Å²) in [4.78, 5) is 20.3. The van der Waals surface area contributed by atoms with Gasteiger partial charge in [-0.25, -0.2) is 9.67 Å². The van der Waals surface area contributed by atoms with Crippen LogP contribution in [-0.2, 0) is 17.9 Å². The maximum atomic E-state index is 12.2. The first-order chi connectivity index (χ1) is 10.7. The Labute approximate surface area is 134 Å². The molecule has 6 nitrogen and oxygen atoms in total. The van der Waals surface area contributed by atoms with Gasteiger partial charge in [0.25, 0.3) is 0 Å². The number of nitrogens with zero attached hydrogens (tertiary/aromatic N) is 5. The van der Waals surface area contributed by atoms with E-state index in [4.69, 9.17) is 11.6 Å². The molecule has 1 aliphatic rings. The van der Waals surface area contributed by atoms with Crippen LogP contribution in [0, 0.1) is 0 Å². The summed E-state index contributed by atoms with van der Waals surface area (Å²) in [5.74, 6) is 0.0941. The smallest absolute Gasteiger partial charge is 0.244 e. The molecular formula is C15H18ClN5O. The van der Waals surface area contributed by atoms with Crippen molar-refractivity contribution < 1.29 is 4.79 Å². The third-order valence-corrected chi connectivity index (χ3v) is 4.06. The van der Waals surface area contributed by atoms with E-state index in [1.807, 2.05) is 29.2 Å². The zero-order valence-electron chi connectivity index (χ0n) is 12.2. The van der Waals surface area contributed by atoms with Gasteiger partial charge in [0.2, 0.25) is 5.91 Å². The average molecular weight is 320 g/mol. The molecule has 3 rings (SSSR count). The SMILES string of the molecule is O=C(Cn1cncn1)N1CCN(Cc2ccc(Cl)cc2)CC1. The molecule has 7 heteroatoms. The topological polar surface area (TPSA) is 54.3 Å². The van der Waals surface area contributed by atoms with Gasteiger partial charge in [-0.2, -0.15) is 5.10 Å². The molecular weight excluding hydrogens is 302 g/mol. The third kappa shape index (κ3) is 3.84. The van der Waals surface area contributed by atoms with Crippen molar-refractivity contribution in [1.82, 2.24) is 24.6 Å². The molecule has 1 amide bonds. The summed E-state index contributed by atoms with van der Waals surface area (Å²) in [6, 6.07) is 7.92. The molecule has 22 heavy (non-hydrogen) atoms. The number of halogens is 1. The fourth-order valence-corrected chi connectivity index (χ4v) is 2.68. The minimum absolute atomic E-state index is 0.0941. The zero-order chi connectivity index (χ0) is 15.4. The molecule has 116 valence electrons. The lowest BCUT2D eigenvalue weighted by atomic mass is 10.2. The van der Waals surface area contributed by atoms with Gasteiger partial charge in [0.05, 0.1) is 0 Å². The van der Waals surface area contributed by atoms with Crippen LogP contribution in [0.1, 0.15) is 5.56 Å². The fraction of sp³-hybridized carbons (Fsp3) is 0.400. The molecule has 0 spiro atoms. The van der Waals surface area contributed by atoms with Crippen LogP contribution in [0.25, 0.3) is 0 Å². The molecule has 1 aliphatic heterocycles. The van der Waals surface area contributed by atoms with Crippen molar-refractivity contribution in [2.45, 2.75) is 13.1 Å². The summed E-state index contributed by atoms with van der Waals surface area (Å²) in [6.45, 7) is 4.42. The van der Waals surface area contributed by atoms with Gasteiger partial charge in [-0.15, -0.1) is 0 Å². The molecule has 1 aromatic carbocycles. The van der Waals surface area contributed by atoms with Crippen molar-refractivity contribution in [3.8, 4) is 0 Å². The molecule has 0 radical (unpaired) electrons. The van der Waals surface area contributed by atoms with Crippen LogP contribution >= 0.6 is 11.6 Å². The summed E-state index contributed by atoms with van der Waals surface area (Å²) < 4.78 is 1.56. The number of carbonyl (C=O) groups is 1. The lowest BCUT2D eigenvalue weighted by Gasteiger charge is -2.34. The quantitative estimate of drug-likeness (QED) is 0.852. The molecule has 0 N–H and O–H groups in total. The Hall–Kier alpha value is -1.92. The monoisotopic (exact) mass is 319 g/mol. The van der Waals surface area contributed by atoms with Crippen molar-refractivity contribution in [1.29, 1.82) is 0 Å². The zero-order valence-corrected chi connectivity index (χ0v) is 13.0. The molecule has 2 aromatic rings. The van der Waals surface area contributed by atoms with E-state index in [9.17, 15) is 4.79 Å². The van der Waals surface area contributed by atoms with Gasteiger partial charge in [0.1, 0.15) is 19.2 Å². The van der Waals surface area contributed by atoms with Crippen LogP contribution in [0.3, 0.4) is 0 Å². The van der Waals surface area contributed by atoms with Crippen LogP contribution in [0.15, 0.2) is 36.9 Å². The van der Waals surface area contributed by atoms with E-state index in [1.54, 1.807) is 11.0 Å². The van der Waals surface area contributed by atoms with Crippen molar-refractivity contribution in [2.75, 3.05) is 26.2 Å². The molecule has 1 saturated heterocycles. The van der Waals surface area contributed by atoms with E-state index >= 15 is 0 Å².